The van der Waals surface area contributed by atoms with E-state index in [-0.39, 0.29) is 18.3 Å². The number of benzene rings is 1. The van der Waals surface area contributed by atoms with E-state index in [2.05, 4.69) is 15.0 Å². The maximum Gasteiger partial charge on any atom is 0.280 e. The predicted octanol–water partition coefficient (Wildman–Crippen LogP) is 3.36. The average Bonchev–Trinajstić information content (AvgIpc) is 3.14. The van der Waals surface area contributed by atoms with Gasteiger partial charge in [-0.2, -0.15) is 5.10 Å². The molecule has 1 aromatic carbocycles. The summed E-state index contributed by atoms with van der Waals surface area (Å²) in [7, 11) is 5.91. The number of anilines is 1. The minimum absolute atomic E-state index is 0. The molecule has 2 aromatic heterocycles. The number of rotatable bonds is 6. The molecule has 6 nitrogen and oxygen atoms in total. The van der Waals surface area contributed by atoms with E-state index in [0.717, 1.165) is 34.0 Å². The van der Waals surface area contributed by atoms with Crippen LogP contribution in [0.25, 0.3) is 10.2 Å². The van der Waals surface area contributed by atoms with Gasteiger partial charge in [-0.3, -0.25) is 14.4 Å². The number of halogens is 1. The van der Waals surface area contributed by atoms with Gasteiger partial charge in [0.1, 0.15) is 0 Å². The number of nitrogens with zero attached hydrogens (tertiary/aromatic N) is 5. The largest absolute Gasteiger partial charge is 0.309 e. The molecule has 0 aliphatic rings. The summed E-state index contributed by atoms with van der Waals surface area (Å²) in [6.45, 7) is 3.47. The number of amides is 1. The van der Waals surface area contributed by atoms with Gasteiger partial charge in [-0.15, -0.1) is 12.4 Å². The van der Waals surface area contributed by atoms with Crippen molar-refractivity contribution in [2.75, 3.05) is 32.1 Å². The number of thiazole rings is 1. The molecule has 0 saturated heterocycles. The number of carbonyl (C=O) groups excluding carboxylic acids is 1. The molecule has 0 aliphatic heterocycles. The van der Waals surface area contributed by atoms with E-state index in [1.54, 1.807) is 20.9 Å². The molecule has 3 rings (SSSR count). The smallest absolute Gasteiger partial charge is 0.280 e. The van der Waals surface area contributed by atoms with Crippen LogP contribution in [0.1, 0.15) is 22.6 Å². The lowest BCUT2D eigenvalue weighted by atomic mass is 10.3. The molecule has 0 bridgehead atoms. The summed E-state index contributed by atoms with van der Waals surface area (Å²) in [4.78, 5) is 21.6. The first-order chi connectivity index (χ1) is 12.0. The van der Waals surface area contributed by atoms with Crippen LogP contribution >= 0.6 is 23.7 Å². The maximum absolute atomic E-state index is 13.1. The zero-order valence-electron chi connectivity index (χ0n) is 15.5. The van der Waals surface area contributed by atoms with Crippen LogP contribution in [0, 0.1) is 6.92 Å². The number of fused-ring (bicyclic) bond motifs is 1. The maximum atomic E-state index is 13.1. The predicted molar refractivity (Wildman–Crippen MR) is 110 cm³/mol. The van der Waals surface area contributed by atoms with Gasteiger partial charge in [-0.05, 0) is 52.2 Å². The second kappa shape index (κ2) is 8.62. The van der Waals surface area contributed by atoms with Crippen LogP contribution in [0.2, 0.25) is 0 Å². The second-order valence-corrected chi connectivity index (χ2v) is 7.38. The van der Waals surface area contributed by atoms with E-state index in [1.807, 2.05) is 58.4 Å². The fourth-order valence-corrected chi connectivity index (χ4v) is 3.60. The summed E-state index contributed by atoms with van der Waals surface area (Å²) in [6, 6.07) is 9.79. The third-order valence-electron chi connectivity index (χ3n) is 4.08. The van der Waals surface area contributed by atoms with E-state index in [0.29, 0.717) is 12.2 Å². The Balaban J connectivity index is 0.00000243. The lowest BCUT2D eigenvalue weighted by Crippen LogP contribution is -2.33. The standard InChI is InChI=1S/C18H23N5OS.ClH/c1-13-12-15(20-22(13)4)17(24)23(11-7-10-21(2)3)18-19-14-8-5-6-9-16(14)25-18;/h5-6,8-9,12H,7,10-11H2,1-4H3;1H. The van der Waals surface area contributed by atoms with Crippen LogP contribution in [0.4, 0.5) is 5.13 Å². The fourth-order valence-electron chi connectivity index (χ4n) is 2.61. The van der Waals surface area contributed by atoms with Crippen molar-refractivity contribution in [3.63, 3.8) is 0 Å². The summed E-state index contributed by atoms with van der Waals surface area (Å²) in [6.07, 6.45) is 0.875. The molecule has 0 fully saturated rings. The third-order valence-corrected chi connectivity index (χ3v) is 5.14. The quantitative estimate of drug-likeness (QED) is 0.644. The van der Waals surface area contributed by atoms with Crippen molar-refractivity contribution in [3.8, 4) is 0 Å². The summed E-state index contributed by atoms with van der Waals surface area (Å²) in [5.74, 6) is -0.0958. The van der Waals surface area contributed by atoms with Gasteiger partial charge in [0.05, 0.1) is 10.2 Å². The highest BCUT2D eigenvalue weighted by molar-refractivity contribution is 7.22. The van der Waals surface area contributed by atoms with Crippen molar-refractivity contribution in [1.29, 1.82) is 0 Å². The number of carbonyl (C=O) groups is 1. The molecule has 8 heteroatoms. The molecule has 140 valence electrons. The average molecular weight is 394 g/mol. The topological polar surface area (TPSA) is 54.3 Å². The van der Waals surface area contributed by atoms with Crippen molar-refractivity contribution >= 4 is 45.0 Å². The first-order valence-corrected chi connectivity index (χ1v) is 9.10. The van der Waals surface area contributed by atoms with Gasteiger partial charge in [0, 0.05) is 19.3 Å². The summed E-state index contributed by atoms with van der Waals surface area (Å²) >= 11 is 1.54. The second-order valence-electron chi connectivity index (χ2n) is 6.37. The third kappa shape index (κ3) is 4.41. The van der Waals surface area contributed by atoms with Gasteiger partial charge < -0.3 is 4.90 Å². The normalized spacial score (nSPS) is 11.0. The van der Waals surface area contributed by atoms with Crippen molar-refractivity contribution in [3.05, 3.63) is 41.7 Å². The number of aryl methyl sites for hydroxylation is 2. The number of para-hydroxylation sites is 1. The van der Waals surface area contributed by atoms with Crippen molar-refractivity contribution in [2.45, 2.75) is 13.3 Å². The summed E-state index contributed by atoms with van der Waals surface area (Å²) < 4.78 is 2.81. The highest BCUT2D eigenvalue weighted by Gasteiger charge is 2.23. The van der Waals surface area contributed by atoms with E-state index in [4.69, 9.17) is 0 Å². The van der Waals surface area contributed by atoms with Crippen LogP contribution in [0.5, 0.6) is 0 Å². The Kier molecular flexibility index (Phi) is 6.75. The molecular formula is C18H24ClN5OS. The molecule has 0 radical (unpaired) electrons. The van der Waals surface area contributed by atoms with E-state index < -0.39 is 0 Å². The van der Waals surface area contributed by atoms with Crippen molar-refractivity contribution in [1.82, 2.24) is 19.7 Å². The van der Waals surface area contributed by atoms with Crippen molar-refractivity contribution < 1.29 is 4.79 Å². The molecule has 2 heterocycles. The molecule has 0 unspecified atom stereocenters. The minimum Gasteiger partial charge on any atom is -0.309 e. The molecule has 0 saturated carbocycles. The highest BCUT2D eigenvalue weighted by Crippen LogP contribution is 2.29. The monoisotopic (exact) mass is 393 g/mol. The first kappa shape index (κ1) is 20.4. The minimum atomic E-state index is -0.0958. The summed E-state index contributed by atoms with van der Waals surface area (Å²) in [5, 5.41) is 5.08. The Morgan fingerprint density at radius 1 is 1.23 bits per heavy atom. The fraction of sp³-hybridized carbons (Fsp3) is 0.389. The van der Waals surface area contributed by atoms with Gasteiger partial charge in [0.2, 0.25) is 0 Å². The van der Waals surface area contributed by atoms with Gasteiger partial charge in [0.15, 0.2) is 10.8 Å². The SMILES string of the molecule is Cc1cc(C(=O)N(CCCN(C)C)c2nc3ccccc3s2)nn1C.Cl. The Hall–Kier alpha value is -1.96. The van der Waals surface area contributed by atoms with Crippen LogP contribution in [-0.2, 0) is 7.05 Å². The van der Waals surface area contributed by atoms with E-state index in [9.17, 15) is 4.79 Å². The van der Waals surface area contributed by atoms with Gasteiger partial charge in [0.25, 0.3) is 5.91 Å². The van der Waals surface area contributed by atoms with Crippen LogP contribution in [-0.4, -0.2) is 52.8 Å². The Morgan fingerprint density at radius 2 is 1.96 bits per heavy atom. The Labute approximate surface area is 163 Å². The van der Waals surface area contributed by atoms with Crippen LogP contribution in [0.15, 0.2) is 30.3 Å². The van der Waals surface area contributed by atoms with E-state index in [1.165, 1.54) is 0 Å². The zero-order chi connectivity index (χ0) is 18.0. The molecule has 0 N–H and O–H groups in total. The molecule has 3 aromatic rings. The molecular weight excluding hydrogens is 370 g/mol. The Morgan fingerprint density at radius 3 is 2.58 bits per heavy atom. The lowest BCUT2D eigenvalue weighted by Gasteiger charge is -2.20. The Bertz CT molecular complexity index is 836. The van der Waals surface area contributed by atoms with Crippen LogP contribution in [0.3, 0.4) is 0 Å². The molecule has 0 atom stereocenters. The number of hydrogen-bond acceptors (Lipinski definition) is 5. The zero-order valence-corrected chi connectivity index (χ0v) is 17.1. The molecule has 26 heavy (non-hydrogen) atoms. The molecule has 0 aliphatic carbocycles. The van der Waals surface area contributed by atoms with Gasteiger partial charge in [-0.25, -0.2) is 4.98 Å². The van der Waals surface area contributed by atoms with Crippen molar-refractivity contribution in [2.24, 2.45) is 7.05 Å². The first-order valence-electron chi connectivity index (χ1n) is 8.28. The molecule has 1 amide bonds. The van der Waals surface area contributed by atoms with Gasteiger partial charge in [-0.1, -0.05) is 23.5 Å². The highest BCUT2D eigenvalue weighted by atomic mass is 35.5. The van der Waals surface area contributed by atoms with Crippen LogP contribution < -0.4 is 4.90 Å². The lowest BCUT2D eigenvalue weighted by molar-refractivity contribution is 0.0980. The number of aromatic nitrogens is 3. The van der Waals surface area contributed by atoms with Gasteiger partial charge >= 0.3 is 0 Å². The summed E-state index contributed by atoms with van der Waals surface area (Å²) in [5.41, 5.74) is 2.34. The number of hydrogen-bond donors (Lipinski definition) is 0. The van der Waals surface area contributed by atoms with E-state index >= 15 is 0 Å². The molecule has 0 spiro atoms.